The number of methoxy groups -OCH3 is 1. The summed E-state index contributed by atoms with van der Waals surface area (Å²) in [5.41, 5.74) is 2.76. The molecule has 5 aliphatic rings. The molecular weight excluding hydrogens is 596 g/mol. The number of nitrogens with zero attached hydrogens (tertiary/aromatic N) is 6. The van der Waals surface area contributed by atoms with E-state index in [1.807, 2.05) is 25.7 Å². The molecule has 8 rings (SSSR count). The van der Waals surface area contributed by atoms with E-state index < -0.39 is 5.60 Å². The number of amides is 1. The average molecular weight is 645 g/mol. The van der Waals surface area contributed by atoms with Crippen LogP contribution in [0.5, 0.6) is 11.8 Å². The molecule has 5 aliphatic heterocycles. The third kappa shape index (κ3) is 6.65. The van der Waals surface area contributed by atoms with Gasteiger partial charge in [0.2, 0.25) is 0 Å². The third-order valence-electron chi connectivity index (χ3n) is 10.0. The number of hydrogen-bond donors (Lipinski definition) is 0. The molecule has 0 N–H and O–H groups in total. The molecule has 1 aromatic heterocycles. The standard InChI is InChI=1S/C36H48N6O5/c1-36(2,3)47-35(43)42-20-25-12-13-26(42)19-41(25)33-30-14-16-40(21-31(30)37-34(38-33)45-22-27-10-8-15-39(27)4)32-18-28(46-23-44-5)17-24-9-6-7-11-29(24)32/h6-7,9,11,17-18,25-27H,8,10,12-16,19-23H2,1-5H3/t25?,26?,27-/m0/s1. The highest BCUT2D eigenvalue weighted by atomic mass is 16.7. The fourth-order valence-corrected chi connectivity index (χ4v) is 7.62. The van der Waals surface area contributed by atoms with Gasteiger partial charge in [-0.1, -0.05) is 24.3 Å². The maximum Gasteiger partial charge on any atom is 0.410 e. The number of likely N-dealkylation sites (tertiary alicyclic amines) is 1. The van der Waals surface area contributed by atoms with Crippen LogP contribution in [-0.4, -0.2) is 103 Å². The molecule has 3 aromatic rings. The molecule has 0 spiro atoms. The van der Waals surface area contributed by atoms with Gasteiger partial charge in [0.1, 0.15) is 23.8 Å². The molecule has 0 aliphatic carbocycles. The third-order valence-corrected chi connectivity index (χ3v) is 10.0. The fourth-order valence-electron chi connectivity index (χ4n) is 7.62. The lowest BCUT2D eigenvalue weighted by molar-refractivity contribution is 0.000726. The summed E-state index contributed by atoms with van der Waals surface area (Å²) < 4.78 is 23.3. The lowest BCUT2D eigenvalue weighted by atomic mass is 9.90. The quantitative estimate of drug-likeness (QED) is 0.304. The van der Waals surface area contributed by atoms with Gasteiger partial charge >= 0.3 is 12.1 Å². The lowest BCUT2D eigenvalue weighted by Crippen LogP contribution is -2.65. The Morgan fingerprint density at radius 2 is 1.83 bits per heavy atom. The summed E-state index contributed by atoms with van der Waals surface area (Å²) in [6.45, 7) is 10.4. The summed E-state index contributed by atoms with van der Waals surface area (Å²) in [6, 6.07) is 13.6. The van der Waals surface area contributed by atoms with Crippen LogP contribution in [0.2, 0.25) is 0 Å². The summed E-state index contributed by atoms with van der Waals surface area (Å²) in [6.07, 6.45) is 4.86. The highest BCUT2D eigenvalue weighted by Gasteiger charge is 2.44. The number of aromatic nitrogens is 2. The number of rotatable bonds is 8. The number of piperidine rings is 2. The van der Waals surface area contributed by atoms with Crippen LogP contribution in [0.25, 0.3) is 10.8 Å². The van der Waals surface area contributed by atoms with E-state index in [0.717, 1.165) is 73.7 Å². The Balaban J connectivity index is 1.20. The Labute approximate surface area is 277 Å². The van der Waals surface area contributed by atoms with Gasteiger partial charge in [0.25, 0.3) is 0 Å². The molecule has 2 unspecified atom stereocenters. The van der Waals surface area contributed by atoms with Gasteiger partial charge in [-0.2, -0.15) is 9.97 Å². The van der Waals surface area contributed by atoms with Crippen molar-refractivity contribution in [1.82, 2.24) is 19.8 Å². The zero-order chi connectivity index (χ0) is 32.7. The van der Waals surface area contributed by atoms with Crippen molar-refractivity contribution in [2.24, 2.45) is 0 Å². The molecule has 1 amide bonds. The van der Waals surface area contributed by atoms with E-state index >= 15 is 0 Å². The first kappa shape index (κ1) is 31.8. The summed E-state index contributed by atoms with van der Waals surface area (Å²) in [5.74, 6) is 1.74. The van der Waals surface area contributed by atoms with Crippen molar-refractivity contribution in [2.45, 2.75) is 83.1 Å². The van der Waals surface area contributed by atoms with Crippen LogP contribution >= 0.6 is 0 Å². The summed E-state index contributed by atoms with van der Waals surface area (Å²) in [5, 5.41) is 2.29. The summed E-state index contributed by atoms with van der Waals surface area (Å²) in [7, 11) is 3.79. The van der Waals surface area contributed by atoms with Crippen LogP contribution in [0.1, 0.15) is 57.7 Å². The molecule has 2 bridgehead atoms. The molecule has 2 aromatic carbocycles. The zero-order valence-electron chi connectivity index (χ0n) is 28.4. The minimum Gasteiger partial charge on any atom is -0.467 e. The summed E-state index contributed by atoms with van der Waals surface area (Å²) >= 11 is 0. The number of carbonyl (C=O) groups is 1. The van der Waals surface area contributed by atoms with Gasteiger partial charge in [-0.15, -0.1) is 0 Å². The second kappa shape index (κ2) is 13.0. The van der Waals surface area contributed by atoms with E-state index in [9.17, 15) is 4.79 Å². The molecule has 47 heavy (non-hydrogen) atoms. The van der Waals surface area contributed by atoms with Crippen molar-refractivity contribution >= 4 is 28.4 Å². The monoisotopic (exact) mass is 644 g/mol. The smallest absolute Gasteiger partial charge is 0.410 e. The molecule has 11 heteroatoms. The fraction of sp³-hybridized carbons (Fsp3) is 0.583. The van der Waals surface area contributed by atoms with Crippen molar-refractivity contribution < 1.29 is 23.7 Å². The Hall–Kier alpha value is -3.83. The topological polar surface area (TPSA) is 92.7 Å². The van der Waals surface area contributed by atoms with Crippen LogP contribution in [0.15, 0.2) is 36.4 Å². The first-order valence-electron chi connectivity index (χ1n) is 17.1. The van der Waals surface area contributed by atoms with Crippen LogP contribution in [-0.2, 0) is 22.4 Å². The Morgan fingerprint density at radius 3 is 2.57 bits per heavy atom. The minimum absolute atomic E-state index is 0.0817. The Bertz CT molecular complexity index is 1610. The van der Waals surface area contributed by atoms with Gasteiger partial charge in [0.05, 0.1) is 18.3 Å². The van der Waals surface area contributed by atoms with Crippen LogP contribution in [0, 0.1) is 0 Å². The number of piperazine rings is 1. The molecule has 252 valence electrons. The number of fused-ring (bicyclic) bond motifs is 5. The van der Waals surface area contributed by atoms with E-state index in [-0.39, 0.29) is 25.0 Å². The average Bonchev–Trinajstić information content (AvgIpc) is 3.48. The van der Waals surface area contributed by atoms with Gasteiger partial charge in [-0.05, 0) is 77.9 Å². The molecule has 0 saturated carbocycles. The predicted octanol–water partition coefficient (Wildman–Crippen LogP) is 5.24. The highest BCUT2D eigenvalue weighted by molar-refractivity contribution is 5.95. The number of ether oxygens (including phenoxy) is 4. The molecule has 4 saturated heterocycles. The highest BCUT2D eigenvalue weighted by Crippen LogP contribution is 2.40. The van der Waals surface area contributed by atoms with E-state index in [1.165, 1.54) is 17.4 Å². The molecule has 0 radical (unpaired) electrons. The number of anilines is 2. The normalized spacial score (nSPS) is 22.9. The second-order valence-electron chi connectivity index (χ2n) is 14.4. The first-order valence-corrected chi connectivity index (χ1v) is 17.1. The summed E-state index contributed by atoms with van der Waals surface area (Å²) in [4.78, 5) is 32.4. The molecule has 4 fully saturated rings. The van der Waals surface area contributed by atoms with Crippen LogP contribution < -0.4 is 19.3 Å². The molecule has 6 heterocycles. The Morgan fingerprint density at radius 1 is 1.00 bits per heavy atom. The van der Waals surface area contributed by atoms with Crippen molar-refractivity contribution in [3.63, 3.8) is 0 Å². The van der Waals surface area contributed by atoms with E-state index in [2.05, 4.69) is 58.1 Å². The molecule has 3 atom stereocenters. The van der Waals surface area contributed by atoms with E-state index in [0.29, 0.717) is 31.7 Å². The maximum absolute atomic E-state index is 13.1. The van der Waals surface area contributed by atoms with Crippen molar-refractivity contribution in [3.8, 4) is 11.8 Å². The van der Waals surface area contributed by atoms with Gasteiger partial charge in [0, 0.05) is 61.5 Å². The van der Waals surface area contributed by atoms with Crippen molar-refractivity contribution in [3.05, 3.63) is 47.7 Å². The largest absolute Gasteiger partial charge is 0.467 e. The SMILES string of the molecule is COCOc1cc(N2CCc3c(nc(OC[C@@H]4CCCN4C)nc3N3CC4CCC3CN4C(=O)OC(C)(C)C)C2)c2ccccc2c1. The Kier molecular flexibility index (Phi) is 8.78. The predicted molar refractivity (Wildman–Crippen MR) is 181 cm³/mol. The van der Waals surface area contributed by atoms with E-state index in [1.54, 1.807) is 7.11 Å². The van der Waals surface area contributed by atoms with E-state index in [4.69, 9.17) is 28.9 Å². The van der Waals surface area contributed by atoms with Gasteiger partial charge in [-0.3, -0.25) is 0 Å². The van der Waals surface area contributed by atoms with Crippen molar-refractivity contribution in [2.75, 3.05) is 63.5 Å². The number of hydrogen-bond acceptors (Lipinski definition) is 10. The van der Waals surface area contributed by atoms with Gasteiger partial charge in [0.15, 0.2) is 6.79 Å². The first-order chi connectivity index (χ1) is 22.7. The second-order valence-corrected chi connectivity index (χ2v) is 14.4. The zero-order valence-corrected chi connectivity index (χ0v) is 28.4. The van der Waals surface area contributed by atoms with Gasteiger partial charge < -0.3 is 38.5 Å². The van der Waals surface area contributed by atoms with Crippen LogP contribution in [0.3, 0.4) is 0 Å². The van der Waals surface area contributed by atoms with Crippen LogP contribution in [0.4, 0.5) is 16.3 Å². The number of benzene rings is 2. The minimum atomic E-state index is -0.522. The maximum atomic E-state index is 13.1. The lowest BCUT2D eigenvalue weighted by Gasteiger charge is -2.52. The number of likely N-dealkylation sites (N-methyl/N-ethyl adjacent to an activating group) is 1. The molecule has 11 nitrogen and oxygen atoms in total. The van der Waals surface area contributed by atoms with Crippen molar-refractivity contribution in [1.29, 1.82) is 0 Å². The number of carbonyl (C=O) groups excluding carboxylic acids is 1. The van der Waals surface area contributed by atoms with Gasteiger partial charge in [-0.25, -0.2) is 4.79 Å². The molecular formula is C36H48N6O5.